The van der Waals surface area contributed by atoms with Gasteiger partial charge in [0.1, 0.15) is 17.2 Å². The van der Waals surface area contributed by atoms with E-state index in [1.807, 2.05) is 0 Å². The van der Waals surface area contributed by atoms with Gasteiger partial charge in [-0.05, 0) is 42.5 Å². The van der Waals surface area contributed by atoms with Crippen molar-refractivity contribution < 1.29 is 18.7 Å². The molecule has 3 rings (SSSR count). The zero-order valence-corrected chi connectivity index (χ0v) is 14.0. The number of carbonyl (C=O) groups excluding carboxylic acids is 2. The van der Waals surface area contributed by atoms with Crippen LogP contribution in [0.2, 0.25) is 5.02 Å². The van der Waals surface area contributed by atoms with Crippen molar-refractivity contribution in [2.24, 2.45) is 0 Å². The minimum absolute atomic E-state index is 0.246. The summed E-state index contributed by atoms with van der Waals surface area (Å²) in [6.45, 7) is 0. The maximum absolute atomic E-state index is 11.7. The van der Waals surface area contributed by atoms with Crippen LogP contribution in [0.15, 0.2) is 40.4 Å². The number of hydrogen-bond donors (Lipinski definition) is 2. The molecule has 2 heterocycles. The van der Waals surface area contributed by atoms with Crippen LogP contribution in [0.3, 0.4) is 0 Å². The summed E-state index contributed by atoms with van der Waals surface area (Å²) in [6, 6.07) is 8.32. The van der Waals surface area contributed by atoms with Gasteiger partial charge in [-0.1, -0.05) is 11.6 Å². The zero-order chi connectivity index (χ0) is 17.3. The van der Waals surface area contributed by atoms with E-state index in [1.165, 1.54) is 13.2 Å². The lowest BCUT2D eigenvalue weighted by molar-refractivity contribution is -0.115. The Morgan fingerprint density at radius 3 is 2.75 bits per heavy atom. The number of methoxy groups -OCH3 is 1. The van der Waals surface area contributed by atoms with Crippen molar-refractivity contribution in [3.63, 3.8) is 0 Å². The number of ether oxygens (including phenoxy) is 1. The number of benzene rings is 1. The van der Waals surface area contributed by atoms with Crippen molar-refractivity contribution in [3.8, 4) is 11.3 Å². The van der Waals surface area contributed by atoms with Crippen molar-refractivity contribution >= 4 is 46.9 Å². The van der Waals surface area contributed by atoms with E-state index in [2.05, 4.69) is 10.6 Å². The Morgan fingerprint density at radius 2 is 2.08 bits per heavy atom. The second-order valence-corrected chi connectivity index (χ2v) is 5.67. The molecule has 1 amide bonds. The Morgan fingerprint density at radius 1 is 1.29 bits per heavy atom. The number of amides is 1. The fourth-order valence-corrected chi connectivity index (χ4v) is 2.55. The average Bonchev–Trinajstić information content (AvgIpc) is 3.14. The Bertz CT molecular complexity index is 888. The van der Waals surface area contributed by atoms with Crippen LogP contribution in [0.25, 0.3) is 17.4 Å². The van der Waals surface area contributed by atoms with Crippen LogP contribution in [0, 0.1) is 0 Å². The molecule has 0 saturated carbocycles. The molecule has 1 aliphatic heterocycles. The van der Waals surface area contributed by atoms with Gasteiger partial charge < -0.3 is 14.5 Å². The first-order valence-electron chi connectivity index (χ1n) is 6.80. The Balaban J connectivity index is 1.91. The number of nitrogens with one attached hydrogen (secondary N) is 2. The number of rotatable bonds is 3. The van der Waals surface area contributed by atoms with E-state index in [0.717, 1.165) is 0 Å². The van der Waals surface area contributed by atoms with Crippen LogP contribution in [0.4, 0.5) is 0 Å². The van der Waals surface area contributed by atoms with E-state index in [0.29, 0.717) is 27.8 Å². The molecule has 24 heavy (non-hydrogen) atoms. The highest BCUT2D eigenvalue weighted by atomic mass is 35.5. The van der Waals surface area contributed by atoms with Gasteiger partial charge in [-0.25, -0.2) is 4.79 Å². The number of esters is 1. The predicted octanol–water partition coefficient (Wildman–Crippen LogP) is 2.73. The van der Waals surface area contributed by atoms with Crippen molar-refractivity contribution in [1.29, 1.82) is 0 Å². The van der Waals surface area contributed by atoms with E-state index >= 15 is 0 Å². The van der Waals surface area contributed by atoms with Crippen molar-refractivity contribution in [3.05, 3.63) is 52.4 Å². The van der Waals surface area contributed by atoms with Gasteiger partial charge in [0.15, 0.2) is 5.11 Å². The maximum Gasteiger partial charge on any atom is 0.339 e. The molecule has 6 nitrogen and oxygen atoms in total. The van der Waals surface area contributed by atoms with Crippen molar-refractivity contribution in [2.45, 2.75) is 0 Å². The minimum atomic E-state index is -0.531. The first kappa shape index (κ1) is 16.2. The molecule has 0 radical (unpaired) electrons. The van der Waals surface area contributed by atoms with Gasteiger partial charge in [-0.2, -0.15) is 0 Å². The topological polar surface area (TPSA) is 80.6 Å². The number of thiocarbonyl (C=S) groups is 1. The number of halogens is 1. The third kappa shape index (κ3) is 3.17. The Kier molecular flexibility index (Phi) is 4.37. The normalized spacial score (nSPS) is 15.3. The first-order valence-corrected chi connectivity index (χ1v) is 7.58. The molecule has 1 aromatic heterocycles. The molecule has 1 fully saturated rings. The van der Waals surface area contributed by atoms with Crippen LogP contribution >= 0.6 is 23.8 Å². The number of furan rings is 1. The summed E-state index contributed by atoms with van der Waals surface area (Å²) < 4.78 is 10.4. The molecule has 2 N–H and O–H groups in total. The van der Waals surface area contributed by atoms with Crippen molar-refractivity contribution in [2.75, 3.05) is 7.11 Å². The van der Waals surface area contributed by atoms with Crippen LogP contribution < -0.4 is 10.6 Å². The van der Waals surface area contributed by atoms with E-state index in [-0.39, 0.29) is 16.6 Å². The van der Waals surface area contributed by atoms with E-state index in [9.17, 15) is 9.59 Å². The third-order valence-electron chi connectivity index (χ3n) is 3.29. The molecule has 1 aromatic carbocycles. The van der Waals surface area contributed by atoms with Gasteiger partial charge in [0.05, 0.1) is 17.7 Å². The largest absolute Gasteiger partial charge is 0.465 e. The van der Waals surface area contributed by atoms with E-state index in [4.69, 9.17) is 33.0 Å². The molecule has 0 unspecified atom stereocenters. The molecular formula is C16H11ClN2O4S. The number of carbonyl (C=O) groups is 2. The molecule has 8 heteroatoms. The highest BCUT2D eigenvalue weighted by Gasteiger charge is 2.20. The SMILES string of the molecule is COC(=O)c1cc(-c2ccc(/C=C3/NC(=S)NC3=O)o2)ccc1Cl. The fourth-order valence-electron chi connectivity index (χ4n) is 2.16. The molecule has 1 aliphatic rings. The first-order chi connectivity index (χ1) is 11.5. The van der Waals surface area contributed by atoms with Crippen LogP contribution in [0.5, 0.6) is 0 Å². The van der Waals surface area contributed by atoms with Crippen LogP contribution in [0.1, 0.15) is 16.1 Å². The van der Waals surface area contributed by atoms with Gasteiger partial charge in [0.25, 0.3) is 5.91 Å². The van der Waals surface area contributed by atoms with E-state index < -0.39 is 5.97 Å². The molecule has 0 aliphatic carbocycles. The average molecular weight is 363 g/mol. The van der Waals surface area contributed by atoms with Gasteiger partial charge in [-0.15, -0.1) is 0 Å². The molecule has 2 aromatic rings. The smallest absolute Gasteiger partial charge is 0.339 e. The second kappa shape index (κ2) is 6.46. The summed E-state index contributed by atoms with van der Waals surface area (Å²) in [5, 5.41) is 5.74. The van der Waals surface area contributed by atoms with E-state index in [1.54, 1.807) is 30.3 Å². The second-order valence-electron chi connectivity index (χ2n) is 4.85. The van der Waals surface area contributed by atoms with Crippen LogP contribution in [-0.4, -0.2) is 24.1 Å². The predicted molar refractivity (Wildman–Crippen MR) is 92.3 cm³/mol. The lowest BCUT2D eigenvalue weighted by atomic mass is 10.1. The fraction of sp³-hybridized carbons (Fsp3) is 0.0625. The molecular weight excluding hydrogens is 352 g/mol. The maximum atomic E-state index is 11.7. The summed E-state index contributed by atoms with van der Waals surface area (Å²) in [6.07, 6.45) is 1.54. The zero-order valence-electron chi connectivity index (χ0n) is 12.4. The summed E-state index contributed by atoms with van der Waals surface area (Å²) in [7, 11) is 1.28. The minimum Gasteiger partial charge on any atom is -0.465 e. The number of hydrogen-bond acceptors (Lipinski definition) is 5. The van der Waals surface area contributed by atoms with Gasteiger partial charge in [0.2, 0.25) is 0 Å². The molecule has 0 bridgehead atoms. The van der Waals surface area contributed by atoms with Gasteiger partial charge >= 0.3 is 5.97 Å². The molecule has 0 atom stereocenters. The van der Waals surface area contributed by atoms with Gasteiger partial charge in [-0.3, -0.25) is 10.1 Å². The molecule has 1 saturated heterocycles. The summed E-state index contributed by atoms with van der Waals surface area (Å²) in [5.41, 5.74) is 1.20. The Labute approximate surface area is 147 Å². The lowest BCUT2D eigenvalue weighted by Gasteiger charge is -2.04. The Hall–Kier alpha value is -2.64. The van der Waals surface area contributed by atoms with Gasteiger partial charge in [0, 0.05) is 11.6 Å². The molecule has 0 spiro atoms. The monoisotopic (exact) mass is 362 g/mol. The third-order valence-corrected chi connectivity index (χ3v) is 3.82. The lowest BCUT2D eigenvalue weighted by Crippen LogP contribution is -2.21. The summed E-state index contributed by atoms with van der Waals surface area (Å²) in [4.78, 5) is 23.3. The standard InChI is InChI=1S/C16H11ClN2O4S/c1-22-15(21)10-6-8(2-4-11(10)17)13-5-3-9(23-13)7-12-14(20)19-16(24)18-12/h2-7H,1H3,(H2,18,19,20,24)/b12-7+. The van der Waals surface area contributed by atoms with Crippen molar-refractivity contribution in [1.82, 2.24) is 10.6 Å². The summed E-state index contributed by atoms with van der Waals surface area (Å²) in [5.74, 6) is 0.125. The molecule has 122 valence electrons. The quantitative estimate of drug-likeness (QED) is 0.496. The highest BCUT2D eigenvalue weighted by Crippen LogP contribution is 2.28. The van der Waals surface area contributed by atoms with Crippen LogP contribution in [-0.2, 0) is 9.53 Å². The summed E-state index contributed by atoms with van der Waals surface area (Å²) >= 11 is 10.9. The highest BCUT2D eigenvalue weighted by molar-refractivity contribution is 7.80.